The number of hydrogen-bond donors (Lipinski definition) is 1. The van der Waals surface area contributed by atoms with Gasteiger partial charge in [-0.25, -0.2) is 4.39 Å². The highest BCUT2D eigenvalue weighted by atomic mass is 79.9. The standard InChI is InChI=1S/C15H16BrFN2O2/c1-15(10-3-4-10)14(21)19(8-13(20)18-15)7-9-2-5-12(17)11(16)6-9/h2,5-6,10H,3-4,7-8H2,1H3,(H,18,20). The third kappa shape index (κ3) is 2.69. The molecule has 1 aliphatic heterocycles. The van der Waals surface area contributed by atoms with E-state index < -0.39 is 5.54 Å². The maximum Gasteiger partial charge on any atom is 0.249 e. The highest BCUT2D eigenvalue weighted by Gasteiger charge is 2.52. The first-order valence-electron chi connectivity index (χ1n) is 6.94. The number of hydrogen-bond acceptors (Lipinski definition) is 2. The van der Waals surface area contributed by atoms with Gasteiger partial charge in [0.1, 0.15) is 11.4 Å². The number of carbonyl (C=O) groups is 2. The number of piperazine rings is 1. The summed E-state index contributed by atoms with van der Waals surface area (Å²) >= 11 is 3.14. The molecular formula is C15H16BrFN2O2. The lowest BCUT2D eigenvalue weighted by Gasteiger charge is -2.40. The molecule has 2 fully saturated rings. The number of carbonyl (C=O) groups excluding carboxylic acids is 2. The van der Waals surface area contributed by atoms with Crippen molar-refractivity contribution in [3.63, 3.8) is 0 Å². The number of amides is 2. The van der Waals surface area contributed by atoms with E-state index >= 15 is 0 Å². The maximum absolute atomic E-state index is 13.3. The van der Waals surface area contributed by atoms with Gasteiger partial charge in [0.25, 0.3) is 0 Å². The van der Waals surface area contributed by atoms with Crippen molar-refractivity contribution < 1.29 is 14.0 Å². The van der Waals surface area contributed by atoms with Gasteiger partial charge in [0.05, 0.1) is 11.0 Å². The van der Waals surface area contributed by atoms with E-state index in [1.54, 1.807) is 24.0 Å². The zero-order chi connectivity index (χ0) is 15.2. The summed E-state index contributed by atoms with van der Waals surface area (Å²) in [6.45, 7) is 2.17. The number of halogens is 2. The Labute approximate surface area is 130 Å². The van der Waals surface area contributed by atoms with Crippen LogP contribution in [-0.4, -0.2) is 28.8 Å². The van der Waals surface area contributed by atoms with Crippen LogP contribution in [0.4, 0.5) is 4.39 Å². The van der Waals surface area contributed by atoms with Gasteiger partial charge < -0.3 is 10.2 Å². The van der Waals surface area contributed by atoms with Crippen molar-refractivity contribution in [2.24, 2.45) is 5.92 Å². The van der Waals surface area contributed by atoms with E-state index in [0.717, 1.165) is 18.4 Å². The third-order valence-electron chi connectivity index (χ3n) is 4.22. The molecule has 2 aliphatic rings. The van der Waals surface area contributed by atoms with E-state index in [1.165, 1.54) is 6.07 Å². The Bertz CT molecular complexity index is 618. The number of nitrogens with one attached hydrogen (secondary N) is 1. The van der Waals surface area contributed by atoms with Gasteiger partial charge in [-0.1, -0.05) is 6.07 Å². The minimum atomic E-state index is -0.785. The summed E-state index contributed by atoms with van der Waals surface area (Å²) in [4.78, 5) is 26.1. The Hall–Kier alpha value is -1.43. The first-order chi connectivity index (χ1) is 9.90. The SMILES string of the molecule is CC1(C2CC2)NC(=O)CN(Cc2ccc(F)c(Br)c2)C1=O. The lowest BCUT2D eigenvalue weighted by atomic mass is 9.91. The molecule has 1 N–H and O–H groups in total. The van der Waals surface area contributed by atoms with Gasteiger partial charge in [-0.2, -0.15) is 0 Å². The second-order valence-corrected chi connectivity index (χ2v) is 6.79. The molecule has 1 unspecified atom stereocenters. The third-order valence-corrected chi connectivity index (χ3v) is 4.82. The van der Waals surface area contributed by atoms with Crippen LogP contribution in [0.1, 0.15) is 25.3 Å². The first kappa shape index (κ1) is 14.5. The van der Waals surface area contributed by atoms with Crippen molar-refractivity contribution in [2.45, 2.75) is 31.8 Å². The van der Waals surface area contributed by atoms with Crippen molar-refractivity contribution >= 4 is 27.7 Å². The van der Waals surface area contributed by atoms with Gasteiger partial charge in [-0.3, -0.25) is 9.59 Å². The van der Waals surface area contributed by atoms with Gasteiger partial charge in [-0.15, -0.1) is 0 Å². The fourth-order valence-corrected chi connectivity index (χ4v) is 3.31. The largest absolute Gasteiger partial charge is 0.340 e. The van der Waals surface area contributed by atoms with Gasteiger partial charge in [0.15, 0.2) is 0 Å². The molecule has 2 amide bonds. The molecule has 1 saturated heterocycles. The second kappa shape index (κ2) is 5.09. The van der Waals surface area contributed by atoms with Gasteiger partial charge in [-0.05, 0) is 59.3 Å². The minimum Gasteiger partial charge on any atom is -0.340 e. The number of rotatable bonds is 3. The van der Waals surface area contributed by atoms with Crippen LogP contribution in [0.3, 0.4) is 0 Å². The lowest BCUT2D eigenvalue weighted by Crippen LogP contribution is -2.66. The fourth-order valence-electron chi connectivity index (χ4n) is 2.88. The predicted octanol–water partition coefficient (Wildman–Crippen LogP) is 2.22. The first-order valence-corrected chi connectivity index (χ1v) is 7.74. The normalized spacial score (nSPS) is 26.0. The molecule has 21 heavy (non-hydrogen) atoms. The molecule has 112 valence electrons. The van der Waals surface area contributed by atoms with Crippen LogP contribution in [-0.2, 0) is 16.1 Å². The molecule has 0 spiro atoms. The molecule has 1 aliphatic carbocycles. The topological polar surface area (TPSA) is 49.4 Å². The molecule has 1 aromatic carbocycles. The Morgan fingerprint density at radius 3 is 2.76 bits per heavy atom. The maximum atomic E-state index is 13.3. The van der Waals surface area contributed by atoms with E-state index in [0.29, 0.717) is 11.0 Å². The molecule has 1 saturated carbocycles. The second-order valence-electron chi connectivity index (χ2n) is 5.93. The van der Waals surface area contributed by atoms with E-state index in [-0.39, 0.29) is 30.1 Å². The molecular weight excluding hydrogens is 339 g/mol. The quantitative estimate of drug-likeness (QED) is 0.904. The molecule has 0 radical (unpaired) electrons. The van der Waals surface area contributed by atoms with Crippen LogP contribution in [0.25, 0.3) is 0 Å². The summed E-state index contributed by atoms with van der Waals surface area (Å²) in [6, 6.07) is 4.63. The molecule has 0 aromatic heterocycles. The van der Waals surface area contributed by atoms with Crippen molar-refractivity contribution in [3.05, 3.63) is 34.1 Å². The number of nitrogens with zero attached hydrogens (tertiary/aromatic N) is 1. The zero-order valence-corrected chi connectivity index (χ0v) is 13.2. The van der Waals surface area contributed by atoms with Crippen molar-refractivity contribution in [1.29, 1.82) is 0 Å². The average Bonchev–Trinajstić information content (AvgIpc) is 3.24. The Morgan fingerprint density at radius 1 is 1.43 bits per heavy atom. The fraction of sp³-hybridized carbons (Fsp3) is 0.467. The molecule has 1 aromatic rings. The van der Waals surface area contributed by atoms with Crippen molar-refractivity contribution in [3.8, 4) is 0 Å². The van der Waals surface area contributed by atoms with Crippen LogP contribution in [0, 0.1) is 11.7 Å². The highest BCUT2D eigenvalue weighted by Crippen LogP contribution is 2.41. The Kier molecular flexibility index (Phi) is 3.51. The summed E-state index contributed by atoms with van der Waals surface area (Å²) in [5, 5.41) is 2.84. The van der Waals surface area contributed by atoms with E-state index in [9.17, 15) is 14.0 Å². The van der Waals surface area contributed by atoms with E-state index in [1.807, 2.05) is 0 Å². The molecule has 4 nitrogen and oxygen atoms in total. The van der Waals surface area contributed by atoms with Crippen LogP contribution in [0.2, 0.25) is 0 Å². The van der Waals surface area contributed by atoms with Gasteiger partial charge in [0.2, 0.25) is 11.8 Å². The lowest BCUT2D eigenvalue weighted by molar-refractivity contribution is -0.150. The Balaban J connectivity index is 1.82. The predicted molar refractivity (Wildman–Crippen MR) is 78.8 cm³/mol. The van der Waals surface area contributed by atoms with Crippen LogP contribution in [0.15, 0.2) is 22.7 Å². The average molecular weight is 355 g/mol. The zero-order valence-electron chi connectivity index (χ0n) is 11.7. The Morgan fingerprint density at radius 2 is 2.14 bits per heavy atom. The molecule has 0 bridgehead atoms. The monoisotopic (exact) mass is 354 g/mol. The summed E-state index contributed by atoms with van der Waals surface area (Å²) < 4.78 is 13.6. The van der Waals surface area contributed by atoms with Gasteiger partial charge >= 0.3 is 0 Å². The summed E-state index contributed by atoms with van der Waals surface area (Å²) in [5.74, 6) is -0.295. The van der Waals surface area contributed by atoms with Crippen molar-refractivity contribution in [2.75, 3.05) is 6.54 Å². The summed E-state index contributed by atoms with van der Waals surface area (Å²) in [7, 11) is 0. The van der Waals surface area contributed by atoms with Gasteiger partial charge in [0, 0.05) is 6.54 Å². The van der Waals surface area contributed by atoms with E-state index in [4.69, 9.17) is 0 Å². The van der Waals surface area contributed by atoms with Crippen LogP contribution in [0.5, 0.6) is 0 Å². The summed E-state index contributed by atoms with van der Waals surface area (Å²) in [6.07, 6.45) is 1.94. The van der Waals surface area contributed by atoms with E-state index in [2.05, 4.69) is 21.2 Å². The molecule has 3 rings (SSSR count). The molecule has 6 heteroatoms. The summed E-state index contributed by atoms with van der Waals surface area (Å²) in [5.41, 5.74) is 0.0107. The van der Waals surface area contributed by atoms with Crippen LogP contribution < -0.4 is 5.32 Å². The van der Waals surface area contributed by atoms with Crippen LogP contribution >= 0.6 is 15.9 Å². The van der Waals surface area contributed by atoms with Crippen molar-refractivity contribution in [1.82, 2.24) is 10.2 Å². The minimum absolute atomic E-state index is 0.0509. The molecule has 1 heterocycles. The highest BCUT2D eigenvalue weighted by molar-refractivity contribution is 9.10. The number of benzene rings is 1. The molecule has 1 atom stereocenters. The smallest absolute Gasteiger partial charge is 0.249 e.